The topological polar surface area (TPSA) is 60.2 Å². The second kappa shape index (κ2) is 5.65. The molecule has 17 heavy (non-hydrogen) atoms. The smallest absolute Gasteiger partial charge is 0.181 e. The molecule has 4 heteroatoms. The van der Waals surface area contributed by atoms with Gasteiger partial charge in [-0.15, -0.1) is 0 Å². The zero-order chi connectivity index (χ0) is 13.1. The highest BCUT2D eigenvalue weighted by Crippen LogP contribution is 2.22. The molecule has 1 unspecified atom stereocenters. The molecule has 2 N–H and O–H groups in total. The first-order chi connectivity index (χ1) is 7.93. The van der Waals surface area contributed by atoms with Gasteiger partial charge in [-0.1, -0.05) is 13.0 Å². The maximum atomic E-state index is 12.4. The van der Waals surface area contributed by atoms with Crippen molar-refractivity contribution >= 4 is 9.84 Å². The molecule has 1 aromatic rings. The van der Waals surface area contributed by atoms with Crippen molar-refractivity contribution in [3.8, 4) is 0 Å². The average molecular weight is 255 g/mol. The predicted octanol–water partition coefficient (Wildman–Crippen LogP) is 2.20. The summed E-state index contributed by atoms with van der Waals surface area (Å²) >= 11 is 0. The molecule has 3 nitrogen and oxygen atoms in total. The molecule has 0 heterocycles. The lowest BCUT2D eigenvalue weighted by Gasteiger charge is -2.15. The molecular formula is C13H21NO2S. The molecule has 1 rings (SSSR count). The van der Waals surface area contributed by atoms with Crippen molar-refractivity contribution in [1.29, 1.82) is 0 Å². The molecule has 0 fully saturated rings. The highest BCUT2D eigenvalue weighted by molar-refractivity contribution is 7.92. The van der Waals surface area contributed by atoms with Gasteiger partial charge < -0.3 is 5.73 Å². The van der Waals surface area contributed by atoms with E-state index in [-0.39, 0.29) is 5.25 Å². The van der Waals surface area contributed by atoms with Crippen LogP contribution in [0.4, 0.5) is 0 Å². The van der Waals surface area contributed by atoms with Crippen LogP contribution in [0, 0.1) is 13.8 Å². The van der Waals surface area contributed by atoms with Crippen LogP contribution < -0.4 is 5.73 Å². The monoisotopic (exact) mass is 255 g/mol. The molecule has 96 valence electrons. The maximum absolute atomic E-state index is 12.4. The van der Waals surface area contributed by atoms with Gasteiger partial charge in [0.15, 0.2) is 9.84 Å². The fourth-order valence-corrected chi connectivity index (χ4v) is 3.72. The highest BCUT2D eigenvalue weighted by atomic mass is 32.2. The van der Waals surface area contributed by atoms with Crippen molar-refractivity contribution in [2.45, 2.75) is 43.8 Å². The predicted molar refractivity (Wildman–Crippen MR) is 70.9 cm³/mol. The summed E-state index contributed by atoms with van der Waals surface area (Å²) < 4.78 is 24.7. The molecule has 0 spiro atoms. The van der Waals surface area contributed by atoms with Gasteiger partial charge in [0, 0.05) is 0 Å². The minimum atomic E-state index is -3.23. The van der Waals surface area contributed by atoms with Crippen molar-refractivity contribution in [3.63, 3.8) is 0 Å². The fourth-order valence-electron chi connectivity index (χ4n) is 1.85. The van der Waals surface area contributed by atoms with Gasteiger partial charge in [-0.25, -0.2) is 8.42 Å². The van der Waals surface area contributed by atoms with E-state index >= 15 is 0 Å². The van der Waals surface area contributed by atoms with Crippen LogP contribution in [0.25, 0.3) is 0 Å². The Morgan fingerprint density at radius 3 is 2.35 bits per heavy atom. The third-order valence-corrected chi connectivity index (χ3v) is 5.55. The van der Waals surface area contributed by atoms with Crippen molar-refractivity contribution < 1.29 is 8.42 Å². The fraction of sp³-hybridized carbons (Fsp3) is 0.538. The highest BCUT2D eigenvalue weighted by Gasteiger charge is 2.25. The summed E-state index contributed by atoms with van der Waals surface area (Å²) in [5, 5.41) is -0.366. The largest absolute Gasteiger partial charge is 0.330 e. The minimum Gasteiger partial charge on any atom is -0.330 e. The van der Waals surface area contributed by atoms with E-state index in [9.17, 15) is 8.42 Å². The molecule has 0 bridgehead atoms. The molecule has 1 atom stereocenters. The Morgan fingerprint density at radius 2 is 1.88 bits per heavy atom. The first kappa shape index (κ1) is 14.2. The number of hydrogen-bond donors (Lipinski definition) is 1. The summed E-state index contributed by atoms with van der Waals surface area (Å²) in [4.78, 5) is 0.418. The summed E-state index contributed by atoms with van der Waals surface area (Å²) in [7, 11) is -3.23. The van der Waals surface area contributed by atoms with Crippen LogP contribution in [-0.2, 0) is 9.84 Å². The van der Waals surface area contributed by atoms with Crippen molar-refractivity contribution in [3.05, 3.63) is 29.3 Å². The van der Waals surface area contributed by atoms with Crippen LogP contribution in [0.1, 0.15) is 30.9 Å². The van der Waals surface area contributed by atoms with E-state index in [4.69, 9.17) is 5.73 Å². The van der Waals surface area contributed by atoms with Gasteiger partial charge in [-0.2, -0.15) is 0 Å². The maximum Gasteiger partial charge on any atom is 0.181 e. The molecule has 0 aromatic heterocycles. The van der Waals surface area contributed by atoms with Crippen molar-refractivity contribution in [2.75, 3.05) is 6.54 Å². The number of hydrogen-bond acceptors (Lipinski definition) is 3. The van der Waals surface area contributed by atoms with E-state index < -0.39 is 9.84 Å². The van der Waals surface area contributed by atoms with Gasteiger partial charge in [0.1, 0.15) is 0 Å². The Kier molecular flexibility index (Phi) is 4.71. The Labute approximate surface area is 104 Å². The van der Waals surface area contributed by atoms with Gasteiger partial charge in [0.05, 0.1) is 10.1 Å². The lowest BCUT2D eigenvalue weighted by Crippen LogP contribution is -2.24. The van der Waals surface area contributed by atoms with E-state index in [1.165, 1.54) is 0 Å². The molecule has 0 saturated heterocycles. The second-order valence-electron chi connectivity index (χ2n) is 4.40. The lowest BCUT2D eigenvalue weighted by molar-refractivity contribution is 0.567. The summed E-state index contributed by atoms with van der Waals surface area (Å²) in [6.07, 6.45) is 1.12. The Morgan fingerprint density at radius 1 is 1.24 bits per heavy atom. The third-order valence-electron chi connectivity index (χ3n) is 3.19. The second-order valence-corrected chi connectivity index (χ2v) is 6.63. The van der Waals surface area contributed by atoms with Gasteiger partial charge in [0.2, 0.25) is 0 Å². The van der Waals surface area contributed by atoms with Gasteiger partial charge in [0.25, 0.3) is 0 Å². The van der Waals surface area contributed by atoms with Crippen molar-refractivity contribution in [2.24, 2.45) is 5.73 Å². The van der Waals surface area contributed by atoms with E-state index in [2.05, 4.69) is 0 Å². The summed E-state index contributed by atoms with van der Waals surface area (Å²) in [6.45, 7) is 6.20. The third kappa shape index (κ3) is 3.07. The zero-order valence-corrected chi connectivity index (χ0v) is 11.5. The number of aryl methyl sites for hydroxylation is 2. The van der Waals surface area contributed by atoms with Gasteiger partial charge in [-0.3, -0.25) is 0 Å². The van der Waals surface area contributed by atoms with Gasteiger partial charge in [-0.05, 0) is 56.5 Å². The SMILES string of the molecule is CCC(CCN)S(=O)(=O)c1ccc(C)c(C)c1. The number of rotatable bonds is 5. The van der Waals surface area contributed by atoms with Crippen LogP contribution in [0.15, 0.2) is 23.1 Å². The van der Waals surface area contributed by atoms with Crippen LogP contribution in [-0.4, -0.2) is 20.2 Å². The molecule has 0 amide bonds. The van der Waals surface area contributed by atoms with E-state index in [0.29, 0.717) is 24.3 Å². The molecule has 0 radical (unpaired) electrons. The minimum absolute atomic E-state index is 0.366. The van der Waals surface area contributed by atoms with E-state index in [0.717, 1.165) is 11.1 Å². The molecular weight excluding hydrogens is 234 g/mol. The average Bonchev–Trinajstić information content (AvgIpc) is 2.29. The number of nitrogens with two attached hydrogens (primary N) is 1. The zero-order valence-electron chi connectivity index (χ0n) is 10.7. The quantitative estimate of drug-likeness (QED) is 0.877. The first-order valence-electron chi connectivity index (χ1n) is 5.94. The number of benzene rings is 1. The summed E-state index contributed by atoms with van der Waals surface area (Å²) in [5.41, 5.74) is 7.58. The summed E-state index contributed by atoms with van der Waals surface area (Å²) in [5.74, 6) is 0. The van der Waals surface area contributed by atoms with E-state index in [1.54, 1.807) is 12.1 Å². The Hall–Kier alpha value is -0.870. The van der Waals surface area contributed by atoms with Crippen LogP contribution in [0.3, 0.4) is 0 Å². The van der Waals surface area contributed by atoms with Crippen molar-refractivity contribution in [1.82, 2.24) is 0 Å². The molecule has 0 aliphatic heterocycles. The Balaban J connectivity index is 3.15. The van der Waals surface area contributed by atoms with Crippen LogP contribution >= 0.6 is 0 Å². The van der Waals surface area contributed by atoms with Crippen LogP contribution in [0.5, 0.6) is 0 Å². The Bertz CT molecular complexity index is 480. The normalized spacial score (nSPS) is 13.6. The molecule has 0 aliphatic rings. The standard InChI is InChI=1S/C13H21NO2S/c1-4-12(7-8-14)17(15,16)13-6-5-10(2)11(3)9-13/h5-6,9,12H,4,7-8,14H2,1-3H3. The van der Waals surface area contributed by atoms with Gasteiger partial charge >= 0.3 is 0 Å². The molecule has 0 saturated carbocycles. The van der Waals surface area contributed by atoms with Crippen LogP contribution in [0.2, 0.25) is 0 Å². The molecule has 1 aromatic carbocycles. The lowest BCUT2D eigenvalue weighted by atomic mass is 10.1. The van der Waals surface area contributed by atoms with E-state index in [1.807, 2.05) is 26.8 Å². The summed E-state index contributed by atoms with van der Waals surface area (Å²) in [6, 6.07) is 5.30. The molecule has 0 aliphatic carbocycles. The first-order valence-corrected chi connectivity index (χ1v) is 7.49. The number of sulfone groups is 1.